The highest BCUT2D eigenvalue weighted by atomic mass is 16.6. The molecule has 5 nitrogen and oxygen atoms in total. The van der Waals surface area contributed by atoms with Gasteiger partial charge in [0.15, 0.2) is 5.92 Å². The molecule has 0 fully saturated rings. The lowest BCUT2D eigenvalue weighted by atomic mass is 10.0. The van der Waals surface area contributed by atoms with E-state index in [1.807, 2.05) is 6.92 Å². The highest BCUT2D eigenvalue weighted by Crippen LogP contribution is 2.10. The van der Waals surface area contributed by atoms with Crippen molar-refractivity contribution in [2.75, 3.05) is 0 Å². The number of carboxylic acid groups (broad SMARTS) is 1. The van der Waals surface area contributed by atoms with E-state index in [0.717, 1.165) is 12.8 Å². The Labute approximate surface area is 101 Å². The molecule has 0 radical (unpaired) electrons. The summed E-state index contributed by atoms with van der Waals surface area (Å²) < 4.78 is 4.51. The average molecular weight is 244 g/mol. The predicted octanol–water partition coefficient (Wildman–Crippen LogP) is 2.14. The molecule has 1 N–H and O–H groups in total. The van der Waals surface area contributed by atoms with Crippen LogP contribution < -0.4 is 0 Å². The first-order valence-corrected chi connectivity index (χ1v) is 6.00. The highest BCUT2D eigenvalue weighted by molar-refractivity contribution is 5.98. The molecule has 0 bridgehead atoms. The van der Waals surface area contributed by atoms with Crippen LogP contribution in [-0.4, -0.2) is 23.0 Å². The van der Waals surface area contributed by atoms with Crippen molar-refractivity contribution in [2.24, 2.45) is 5.92 Å². The Hall–Kier alpha value is -1.39. The van der Waals surface area contributed by atoms with Crippen molar-refractivity contribution in [3.8, 4) is 0 Å². The number of carboxylic acids is 1. The van der Waals surface area contributed by atoms with E-state index in [4.69, 9.17) is 5.11 Å². The molecule has 5 heteroatoms. The third kappa shape index (κ3) is 6.71. The third-order valence-corrected chi connectivity index (χ3v) is 2.36. The molecule has 0 aliphatic rings. The van der Waals surface area contributed by atoms with Gasteiger partial charge in [-0.15, -0.1) is 0 Å². The summed E-state index contributed by atoms with van der Waals surface area (Å²) in [5, 5.41) is 8.79. The minimum atomic E-state index is -1.24. The summed E-state index contributed by atoms with van der Waals surface area (Å²) in [6.07, 6.45) is 3.42. The zero-order valence-electron chi connectivity index (χ0n) is 10.4. The average Bonchev–Trinajstić information content (AvgIpc) is 2.25. The second-order valence-electron chi connectivity index (χ2n) is 3.93. The van der Waals surface area contributed by atoms with Crippen molar-refractivity contribution in [1.82, 2.24) is 0 Å². The lowest BCUT2D eigenvalue weighted by Gasteiger charge is -2.09. The Morgan fingerprint density at radius 3 is 2.24 bits per heavy atom. The maximum absolute atomic E-state index is 11.4. The van der Waals surface area contributed by atoms with Crippen LogP contribution in [0.2, 0.25) is 0 Å². The number of carbonyl (C=O) groups is 3. The van der Waals surface area contributed by atoms with Gasteiger partial charge in [-0.3, -0.25) is 14.4 Å². The Morgan fingerprint density at radius 2 is 1.76 bits per heavy atom. The van der Waals surface area contributed by atoms with Crippen LogP contribution in [-0.2, 0) is 19.1 Å². The molecule has 0 rings (SSSR count). The minimum Gasteiger partial charge on any atom is -0.481 e. The number of hydrogen-bond donors (Lipinski definition) is 1. The molecule has 17 heavy (non-hydrogen) atoms. The molecule has 0 saturated carbocycles. The first-order valence-electron chi connectivity index (χ1n) is 6.00. The quantitative estimate of drug-likeness (QED) is 0.402. The Balaban J connectivity index is 4.12. The maximum atomic E-state index is 11.4. The molecule has 0 spiro atoms. The van der Waals surface area contributed by atoms with Crippen LogP contribution in [0.1, 0.15) is 52.4 Å². The van der Waals surface area contributed by atoms with E-state index >= 15 is 0 Å². The minimum absolute atomic E-state index is 0.165. The zero-order chi connectivity index (χ0) is 13.3. The molecular formula is C12H20O5. The van der Waals surface area contributed by atoms with Crippen LogP contribution in [0.15, 0.2) is 0 Å². The van der Waals surface area contributed by atoms with Gasteiger partial charge in [0.25, 0.3) is 0 Å². The van der Waals surface area contributed by atoms with Gasteiger partial charge in [0.1, 0.15) is 0 Å². The fraction of sp³-hybridized carbons (Fsp3) is 0.750. The molecule has 0 aliphatic carbocycles. The number of carbonyl (C=O) groups excluding carboxylic acids is 2. The van der Waals surface area contributed by atoms with Crippen molar-refractivity contribution >= 4 is 17.9 Å². The standard InChI is InChI=1S/C12H20O5/c1-3-5-6-8-10(13)17-12(16)9(7-4-2)11(14)15/h9H,3-8H2,1-2H3,(H,14,15). The highest BCUT2D eigenvalue weighted by Gasteiger charge is 2.28. The van der Waals surface area contributed by atoms with Crippen LogP contribution in [0.5, 0.6) is 0 Å². The Kier molecular flexibility index (Phi) is 8.01. The fourth-order valence-electron chi connectivity index (χ4n) is 1.38. The molecular weight excluding hydrogens is 224 g/mol. The molecule has 0 aromatic heterocycles. The van der Waals surface area contributed by atoms with Crippen LogP contribution >= 0.6 is 0 Å². The summed E-state index contributed by atoms with van der Waals surface area (Å²) in [5.74, 6) is -4.04. The second kappa shape index (κ2) is 8.73. The number of ether oxygens (including phenoxy) is 1. The number of esters is 2. The Bertz CT molecular complexity index is 272. The van der Waals surface area contributed by atoms with E-state index in [-0.39, 0.29) is 12.8 Å². The van der Waals surface area contributed by atoms with E-state index in [9.17, 15) is 14.4 Å². The molecule has 0 aliphatic heterocycles. The van der Waals surface area contributed by atoms with Gasteiger partial charge in [-0.2, -0.15) is 0 Å². The van der Waals surface area contributed by atoms with Gasteiger partial charge in [-0.1, -0.05) is 33.1 Å². The van der Waals surface area contributed by atoms with Crippen LogP contribution in [0.3, 0.4) is 0 Å². The lowest BCUT2D eigenvalue weighted by molar-refractivity contribution is -0.166. The lowest BCUT2D eigenvalue weighted by Crippen LogP contribution is -2.27. The van der Waals surface area contributed by atoms with Crippen molar-refractivity contribution in [3.63, 3.8) is 0 Å². The summed E-state index contributed by atoms with van der Waals surface area (Å²) in [4.78, 5) is 33.4. The van der Waals surface area contributed by atoms with Crippen LogP contribution in [0.4, 0.5) is 0 Å². The van der Waals surface area contributed by atoms with E-state index in [1.165, 1.54) is 0 Å². The van der Waals surface area contributed by atoms with E-state index in [2.05, 4.69) is 4.74 Å². The topological polar surface area (TPSA) is 80.7 Å². The zero-order valence-corrected chi connectivity index (χ0v) is 10.4. The van der Waals surface area contributed by atoms with Gasteiger partial charge >= 0.3 is 17.9 Å². The van der Waals surface area contributed by atoms with Crippen molar-refractivity contribution in [3.05, 3.63) is 0 Å². The van der Waals surface area contributed by atoms with Gasteiger partial charge in [0.2, 0.25) is 0 Å². The summed E-state index contributed by atoms with van der Waals surface area (Å²) >= 11 is 0. The molecule has 0 aromatic rings. The van der Waals surface area contributed by atoms with Crippen LogP contribution in [0.25, 0.3) is 0 Å². The first kappa shape index (κ1) is 15.6. The molecule has 1 atom stereocenters. The normalized spacial score (nSPS) is 11.9. The van der Waals surface area contributed by atoms with Gasteiger partial charge in [-0.25, -0.2) is 0 Å². The predicted molar refractivity (Wildman–Crippen MR) is 61.3 cm³/mol. The second-order valence-corrected chi connectivity index (χ2v) is 3.93. The van der Waals surface area contributed by atoms with Gasteiger partial charge in [0, 0.05) is 6.42 Å². The van der Waals surface area contributed by atoms with Crippen molar-refractivity contribution in [2.45, 2.75) is 52.4 Å². The summed E-state index contributed by atoms with van der Waals surface area (Å²) in [6, 6.07) is 0. The molecule has 0 aromatic carbocycles. The largest absolute Gasteiger partial charge is 0.481 e. The summed E-state index contributed by atoms with van der Waals surface area (Å²) in [6.45, 7) is 3.77. The van der Waals surface area contributed by atoms with Gasteiger partial charge < -0.3 is 9.84 Å². The van der Waals surface area contributed by atoms with E-state index < -0.39 is 23.8 Å². The molecule has 1 unspecified atom stereocenters. The van der Waals surface area contributed by atoms with Gasteiger partial charge in [-0.05, 0) is 12.8 Å². The van der Waals surface area contributed by atoms with Crippen molar-refractivity contribution in [1.29, 1.82) is 0 Å². The molecule has 0 heterocycles. The third-order valence-electron chi connectivity index (χ3n) is 2.36. The number of aliphatic carboxylic acids is 1. The molecule has 0 saturated heterocycles. The first-order chi connectivity index (χ1) is 8.02. The van der Waals surface area contributed by atoms with Crippen LogP contribution in [0, 0.1) is 5.92 Å². The van der Waals surface area contributed by atoms with E-state index in [0.29, 0.717) is 12.8 Å². The maximum Gasteiger partial charge on any atom is 0.327 e. The monoisotopic (exact) mass is 244 g/mol. The van der Waals surface area contributed by atoms with Crippen molar-refractivity contribution < 1.29 is 24.2 Å². The summed E-state index contributed by atoms with van der Waals surface area (Å²) in [7, 11) is 0. The molecule has 0 amide bonds. The fourth-order valence-corrected chi connectivity index (χ4v) is 1.38. The number of hydrogen-bond acceptors (Lipinski definition) is 4. The van der Waals surface area contributed by atoms with Gasteiger partial charge in [0.05, 0.1) is 0 Å². The van der Waals surface area contributed by atoms with E-state index in [1.54, 1.807) is 6.92 Å². The molecule has 98 valence electrons. The summed E-state index contributed by atoms with van der Waals surface area (Å²) in [5.41, 5.74) is 0. The smallest absolute Gasteiger partial charge is 0.327 e. The number of unbranched alkanes of at least 4 members (excludes halogenated alkanes) is 2. The number of rotatable bonds is 8. The Morgan fingerprint density at radius 1 is 1.12 bits per heavy atom. The SMILES string of the molecule is CCCCCC(=O)OC(=O)C(CCC)C(=O)O.